The molecule has 9 heteroatoms. The first kappa shape index (κ1) is 17.8. The molecule has 2 rings (SSSR count). The van der Waals surface area contributed by atoms with Crippen molar-refractivity contribution in [3.05, 3.63) is 24.3 Å². The van der Waals surface area contributed by atoms with Gasteiger partial charge in [0.15, 0.2) is 0 Å². The number of carbonyl (C=O) groups is 1. The van der Waals surface area contributed by atoms with Crippen LogP contribution in [0.3, 0.4) is 0 Å². The second-order valence-corrected chi connectivity index (χ2v) is 7.53. The Labute approximate surface area is 133 Å². The van der Waals surface area contributed by atoms with Gasteiger partial charge in [0.05, 0.1) is 18.0 Å². The first-order valence-electron chi connectivity index (χ1n) is 6.95. The molecule has 1 aliphatic carbocycles. The summed E-state index contributed by atoms with van der Waals surface area (Å²) in [5, 5.41) is 11.8. The van der Waals surface area contributed by atoms with Crippen LogP contribution in [0.5, 0.6) is 0 Å². The van der Waals surface area contributed by atoms with E-state index < -0.39 is 20.5 Å². The summed E-state index contributed by atoms with van der Waals surface area (Å²) in [6.07, 6.45) is 1.65. The summed E-state index contributed by atoms with van der Waals surface area (Å²) in [7, 11) is -2.90. The molecule has 0 unspecified atom stereocenters. The molecule has 23 heavy (non-hydrogen) atoms. The monoisotopic (exact) mass is 348 g/mol. The molecule has 1 aromatic carbocycles. The Hall–Kier alpha value is -1.58. The summed E-state index contributed by atoms with van der Waals surface area (Å²) in [5.41, 5.74) is -0.0162. The lowest BCUT2D eigenvalue weighted by atomic mass is 10.2. The number of hydrogen-bond acceptors (Lipinski definition) is 5. The Morgan fingerprint density at radius 2 is 1.91 bits per heavy atom. The third kappa shape index (κ3) is 3.85. The number of benzene rings is 1. The van der Waals surface area contributed by atoms with Crippen LogP contribution in [-0.2, 0) is 14.6 Å². The zero-order valence-electron chi connectivity index (χ0n) is 12.5. The van der Waals surface area contributed by atoms with Crippen LogP contribution in [0.2, 0.25) is 0 Å². The number of anilines is 1. The number of nitrogens with zero attached hydrogens (tertiary/aromatic N) is 1. The minimum atomic E-state index is -4.64. The van der Waals surface area contributed by atoms with E-state index >= 15 is 0 Å². The average Bonchev–Trinajstić information content (AvgIpc) is 3.28. The number of sulfone groups is 1. The quantitative estimate of drug-likeness (QED) is 0.770. The van der Waals surface area contributed by atoms with Crippen molar-refractivity contribution in [2.75, 3.05) is 25.5 Å². The molecule has 0 aromatic heterocycles. The topological polar surface area (TPSA) is 86.7 Å². The number of carbonyl (C=O) groups excluding carboxylic acids is 1. The van der Waals surface area contributed by atoms with Crippen LogP contribution in [0.15, 0.2) is 29.2 Å². The van der Waals surface area contributed by atoms with Crippen molar-refractivity contribution in [2.45, 2.75) is 29.0 Å². The van der Waals surface area contributed by atoms with Gasteiger partial charge in [-0.05, 0) is 44.2 Å². The fourth-order valence-corrected chi connectivity index (χ4v) is 2.94. The van der Waals surface area contributed by atoms with Gasteiger partial charge in [-0.2, -0.15) is 8.78 Å². The molecule has 1 fully saturated rings. The van der Waals surface area contributed by atoms with E-state index in [0.717, 1.165) is 25.0 Å². The van der Waals surface area contributed by atoms with Crippen molar-refractivity contribution < 1.29 is 27.1 Å². The van der Waals surface area contributed by atoms with Crippen molar-refractivity contribution >= 4 is 21.4 Å². The molecule has 0 radical (unpaired) electrons. The van der Waals surface area contributed by atoms with Crippen LogP contribution in [0.4, 0.5) is 14.5 Å². The maximum absolute atomic E-state index is 12.4. The number of aliphatic hydroxyl groups is 1. The lowest BCUT2D eigenvalue weighted by Gasteiger charge is -2.25. The largest absolute Gasteiger partial charge is 0.394 e. The van der Waals surface area contributed by atoms with Crippen molar-refractivity contribution in [1.29, 1.82) is 0 Å². The predicted octanol–water partition coefficient (Wildman–Crippen LogP) is 1.08. The smallest absolute Gasteiger partial charge is 0.341 e. The predicted molar refractivity (Wildman–Crippen MR) is 79.9 cm³/mol. The maximum atomic E-state index is 12.4. The number of aliphatic hydroxyl groups excluding tert-OH is 1. The number of amides is 1. The molecule has 1 amide bonds. The normalized spacial score (nSPS) is 16.6. The number of rotatable bonds is 7. The van der Waals surface area contributed by atoms with Gasteiger partial charge in [-0.3, -0.25) is 9.69 Å². The van der Waals surface area contributed by atoms with Gasteiger partial charge < -0.3 is 10.4 Å². The average molecular weight is 348 g/mol. The van der Waals surface area contributed by atoms with Gasteiger partial charge in [0.25, 0.3) is 0 Å². The van der Waals surface area contributed by atoms with Crippen LogP contribution in [-0.4, -0.2) is 55.8 Å². The van der Waals surface area contributed by atoms with Crippen molar-refractivity contribution in [2.24, 2.45) is 0 Å². The third-order valence-electron chi connectivity index (χ3n) is 4.01. The van der Waals surface area contributed by atoms with Crippen LogP contribution in [0.1, 0.15) is 12.8 Å². The van der Waals surface area contributed by atoms with Crippen LogP contribution in [0, 0.1) is 0 Å². The van der Waals surface area contributed by atoms with Gasteiger partial charge in [0.1, 0.15) is 0 Å². The second-order valence-electron chi connectivity index (χ2n) is 5.62. The fraction of sp³-hybridized carbons (Fsp3) is 0.500. The summed E-state index contributed by atoms with van der Waals surface area (Å²) < 4.78 is 47.4. The van der Waals surface area contributed by atoms with Crippen LogP contribution >= 0.6 is 0 Å². The lowest BCUT2D eigenvalue weighted by Crippen LogP contribution is -2.41. The number of likely N-dealkylation sites (N-methyl/N-ethyl adjacent to an activating group) is 1. The first-order chi connectivity index (χ1) is 10.7. The third-order valence-corrected chi connectivity index (χ3v) is 5.41. The van der Waals surface area contributed by atoms with E-state index in [1.54, 1.807) is 11.9 Å². The Balaban J connectivity index is 1.97. The highest BCUT2D eigenvalue weighted by Crippen LogP contribution is 2.40. The summed E-state index contributed by atoms with van der Waals surface area (Å²) in [6, 6.07) is 4.56. The molecule has 0 spiro atoms. The number of halogens is 2. The summed E-state index contributed by atoms with van der Waals surface area (Å²) in [6.45, 7) is 0.0502. The fourth-order valence-electron chi connectivity index (χ4n) is 2.22. The summed E-state index contributed by atoms with van der Waals surface area (Å²) >= 11 is 0. The van der Waals surface area contributed by atoms with Crippen molar-refractivity contribution in [3.8, 4) is 0 Å². The SMILES string of the molecule is CN(CC(=O)Nc1ccc(S(=O)(=O)C(F)F)cc1)C1(CO)CC1. The number of nitrogens with one attached hydrogen (secondary N) is 1. The Morgan fingerprint density at radius 1 is 1.35 bits per heavy atom. The Bertz CT molecular complexity index is 673. The van der Waals surface area contributed by atoms with Gasteiger partial charge in [-0.25, -0.2) is 8.42 Å². The van der Waals surface area contributed by atoms with E-state index in [-0.39, 0.29) is 24.6 Å². The summed E-state index contributed by atoms with van der Waals surface area (Å²) in [5.74, 6) is -3.82. The molecule has 1 aromatic rings. The lowest BCUT2D eigenvalue weighted by molar-refractivity contribution is -0.117. The van der Waals surface area contributed by atoms with Gasteiger partial charge in [0.2, 0.25) is 15.7 Å². The standard InChI is InChI=1S/C14H18F2N2O4S/c1-18(14(9-19)6-7-14)8-12(20)17-10-2-4-11(5-3-10)23(21,22)13(15)16/h2-5,13,19H,6-9H2,1H3,(H,17,20). The zero-order chi connectivity index (χ0) is 17.3. The van der Waals surface area contributed by atoms with Crippen molar-refractivity contribution in [3.63, 3.8) is 0 Å². The van der Waals surface area contributed by atoms with Gasteiger partial charge in [-0.15, -0.1) is 0 Å². The molecule has 1 aliphatic rings. The van der Waals surface area contributed by atoms with Crippen molar-refractivity contribution in [1.82, 2.24) is 4.90 Å². The Morgan fingerprint density at radius 3 is 2.35 bits per heavy atom. The highest BCUT2D eigenvalue weighted by Gasteiger charge is 2.46. The molecule has 0 atom stereocenters. The van der Waals surface area contributed by atoms with Crippen LogP contribution < -0.4 is 5.32 Å². The van der Waals surface area contributed by atoms with E-state index in [4.69, 9.17) is 0 Å². The van der Waals surface area contributed by atoms with E-state index in [1.807, 2.05) is 0 Å². The molecule has 0 aliphatic heterocycles. The molecule has 6 nitrogen and oxygen atoms in total. The molecular weight excluding hydrogens is 330 g/mol. The highest BCUT2D eigenvalue weighted by molar-refractivity contribution is 7.91. The van der Waals surface area contributed by atoms with E-state index in [9.17, 15) is 27.1 Å². The molecule has 128 valence electrons. The number of alkyl halides is 2. The Kier molecular flexibility index (Phi) is 5.02. The number of hydrogen-bond donors (Lipinski definition) is 2. The van der Waals surface area contributed by atoms with Gasteiger partial charge >= 0.3 is 5.76 Å². The molecule has 0 bridgehead atoms. The zero-order valence-corrected chi connectivity index (χ0v) is 13.3. The van der Waals surface area contributed by atoms with Gasteiger partial charge in [0, 0.05) is 11.2 Å². The van der Waals surface area contributed by atoms with E-state index in [0.29, 0.717) is 5.69 Å². The minimum absolute atomic E-state index is 0.0169. The molecule has 1 saturated carbocycles. The molecular formula is C14H18F2N2O4S. The summed E-state index contributed by atoms with van der Waals surface area (Å²) in [4.78, 5) is 13.2. The van der Waals surface area contributed by atoms with E-state index in [2.05, 4.69) is 5.32 Å². The molecule has 2 N–H and O–H groups in total. The highest BCUT2D eigenvalue weighted by atomic mass is 32.2. The maximum Gasteiger partial charge on any atom is 0.341 e. The second kappa shape index (κ2) is 6.50. The first-order valence-corrected chi connectivity index (χ1v) is 8.50. The molecule has 0 saturated heterocycles. The van der Waals surface area contributed by atoms with Gasteiger partial charge in [-0.1, -0.05) is 0 Å². The minimum Gasteiger partial charge on any atom is -0.394 e. The molecule has 0 heterocycles. The van der Waals surface area contributed by atoms with E-state index in [1.165, 1.54) is 12.1 Å². The van der Waals surface area contributed by atoms with Crippen LogP contribution in [0.25, 0.3) is 0 Å².